The normalized spacial score (nSPS) is 15.6. The summed E-state index contributed by atoms with van der Waals surface area (Å²) in [5.74, 6) is -0.978. The number of pyridine rings is 1. The lowest BCUT2D eigenvalue weighted by Crippen LogP contribution is -2.33. The number of hydrogen-bond donors (Lipinski definition) is 1. The number of piperidine rings is 1. The maximum atomic E-state index is 13.9. The zero-order chi connectivity index (χ0) is 19.5. The molecule has 28 heavy (non-hydrogen) atoms. The van der Waals surface area contributed by atoms with E-state index in [2.05, 4.69) is 19.9 Å². The number of rotatable bonds is 4. The monoisotopic (exact) mass is 382 g/mol. The van der Waals surface area contributed by atoms with Gasteiger partial charge in [0, 0.05) is 30.3 Å². The minimum absolute atomic E-state index is 0.151. The molecule has 0 amide bonds. The van der Waals surface area contributed by atoms with Crippen molar-refractivity contribution in [2.24, 2.45) is 0 Å². The average molecular weight is 382 g/mol. The second-order valence-corrected chi connectivity index (χ2v) is 7.00. The Kier molecular flexibility index (Phi) is 5.25. The summed E-state index contributed by atoms with van der Waals surface area (Å²) in [6.07, 6.45) is 3.26. The van der Waals surface area contributed by atoms with Crippen molar-refractivity contribution >= 4 is 0 Å². The van der Waals surface area contributed by atoms with E-state index < -0.39 is 11.6 Å². The first-order chi connectivity index (χ1) is 13.6. The largest absolute Gasteiger partial charge is 0.305 e. The van der Waals surface area contributed by atoms with E-state index >= 15 is 0 Å². The lowest BCUT2D eigenvalue weighted by molar-refractivity contribution is 0.200. The van der Waals surface area contributed by atoms with Crippen LogP contribution in [0, 0.1) is 11.6 Å². The number of nitrogens with one attached hydrogen (secondary N) is 1. The Morgan fingerprint density at radius 3 is 2.68 bits per heavy atom. The fourth-order valence-corrected chi connectivity index (χ4v) is 3.61. The zero-order valence-corrected chi connectivity index (χ0v) is 15.2. The van der Waals surface area contributed by atoms with Gasteiger partial charge in [-0.2, -0.15) is 0 Å². The SMILES string of the molecule is O=c1cc(C2CCN(Cc3cccc(F)c3F)CC2)nc(-c2ccccn2)[nH]1. The smallest absolute Gasteiger partial charge is 0.251 e. The standard InChI is InChI=1S/C21H20F2N4O/c22-16-5-3-4-15(20(16)23)13-27-10-7-14(8-11-27)18-12-19(28)26-21(25-18)17-6-1-2-9-24-17/h1-6,9,12,14H,7-8,10-11,13H2,(H,25,26,28). The van der Waals surface area contributed by atoms with Gasteiger partial charge >= 0.3 is 0 Å². The van der Waals surface area contributed by atoms with Crippen LogP contribution >= 0.6 is 0 Å². The van der Waals surface area contributed by atoms with Crippen LogP contribution in [0.25, 0.3) is 11.5 Å². The van der Waals surface area contributed by atoms with Crippen LogP contribution in [0.4, 0.5) is 8.78 Å². The summed E-state index contributed by atoms with van der Waals surface area (Å²) in [6.45, 7) is 1.83. The van der Waals surface area contributed by atoms with Crippen LogP contribution < -0.4 is 5.56 Å². The lowest BCUT2D eigenvalue weighted by atomic mass is 9.93. The molecule has 5 nitrogen and oxygen atoms in total. The highest BCUT2D eigenvalue weighted by atomic mass is 19.2. The summed E-state index contributed by atoms with van der Waals surface area (Å²) >= 11 is 0. The topological polar surface area (TPSA) is 61.9 Å². The van der Waals surface area contributed by atoms with Crippen LogP contribution in [0.15, 0.2) is 53.5 Å². The first kappa shape index (κ1) is 18.4. The van der Waals surface area contributed by atoms with Gasteiger partial charge in [0.2, 0.25) is 0 Å². The molecule has 0 atom stereocenters. The maximum Gasteiger partial charge on any atom is 0.251 e. The van der Waals surface area contributed by atoms with Gasteiger partial charge in [0.1, 0.15) is 5.69 Å². The molecule has 1 fully saturated rings. The molecule has 144 valence electrons. The van der Waals surface area contributed by atoms with Crippen LogP contribution in [0.1, 0.15) is 30.0 Å². The molecule has 1 N–H and O–H groups in total. The Morgan fingerprint density at radius 1 is 1.11 bits per heavy atom. The van der Waals surface area contributed by atoms with E-state index in [1.54, 1.807) is 24.4 Å². The fraction of sp³-hybridized carbons (Fsp3) is 0.286. The van der Waals surface area contributed by atoms with Crippen molar-refractivity contribution in [3.8, 4) is 11.5 Å². The zero-order valence-electron chi connectivity index (χ0n) is 15.2. The van der Waals surface area contributed by atoms with Gasteiger partial charge in [-0.05, 0) is 44.1 Å². The minimum Gasteiger partial charge on any atom is -0.305 e. The van der Waals surface area contributed by atoms with E-state index in [4.69, 9.17) is 0 Å². The molecule has 0 spiro atoms. The minimum atomic E-state index is -0.817. The molecule has 0 saturated carbocycles. The Bertz CT molecular complexity index is 1010. The summed E-state index contributed by atoms with van der Waals surface area (Å²) in [5.41, 5.74) is 1.54. The van der Waals surface area contributed by atoms with Gasteiger partial charge < -0.3 is 4.98 Å². The highest BCUT2D eigenvalue weighted by molar-refractivity contribution is 5.48. The van der Waals surface area contributed by atoms with Crippen molar-refractivity contribution in [3.63, 3.8) is 0 Å². The van der Waals surface area contributed by atoms with E-state index in [0.717, 1.165) is 37.7 Å². The maximum absolute atomic E-state index is 13.9. The molecule has 0 bridgehead atoms. The van der Waals surface area contributed by atoms with Crippen LogP contribution in [-0.2, 0) is 6.54 Å². The first-order valence-corrected chi connectivity index (χ1v) is 9.28. The van der Waals surface area contributed by atoms with Gasteiger partial charge in [0.15, 0.2) is 17.5 Å². The molecular weight excluding hydrogens is 362 g/mol. The average Bonchev–Trinajstić information content (AvgIpc) is 2.72. The number of nitrogens with zero attached hydrogens (tertiary/aromatic N) is 3. The number of aromatic nitrogens is 3. The Labute approximate surface area is 161 Å². The van der Waals surface area contributed by atoms with E-state index in [1.807, 2.05) is 12.1 Å². The molecule has 3 heterocycles. The molecule has 0 unspecified atom stereocenters. The predicted octanol–water partition coefficient (Wildman–Crippen LogP) is 3.49. The summed E-state index contributed by atoms with van der Waals surface area (Å²) in [7, 11) is 0. The van der Waals surface area contributed by atoms with Crippen LogP contribution in [0.3, 0.4) is 0 Å². The second kappa shape index (κ2) is 7.98. The van der Waals surface area contributed by atoms with Crippen LogP contribution in [0.5, 0.6) is 0 Å². The van der Waals surface area contributed by atoms with Gasteiger partial charge in [0.05, 0.1) is 5.69 Å². The summed E-state index contributed by atoms with van der Waals surface area (Å²) < 4.78 is 27.3. The van der Waals surface area contributed by atoms with Crippen molar-refractivity contribution in [3.05, 3.63) is 81.9 Å². The number of halogens is 2. The highest BCUT2D eigenvalue weighted by Crippen LogP contribution is 2.28. The van der Waals surface area contributed by atoms with Gasteiger partial charge in [-0.3, -0.25) is 14.7 Å². The molecular formula is C21H20F2N4O. The summed E-state index contributed by atoms with van der Waals surface area (Å²) in [5, 5.41) is 0. The van der Waals surface area contributed by atoms with Gasteiger partial charge in [0.25, 0.3) is 5.56 Å². The summed E-state index contributed by atoms with van der Waals surface area (Å²) in [4.78, 5) is 25.8. The molecule has 3 aromatic rings. The molecule has 1 saturated heterocycles. The van der Waals surface area contributed by atoms with Crippen molar-refractivity contribution in [2.75, 3.05) is 13.1 Å². The molecule has 1 aliphatic rings. The molecule has 0 aliphatic carbocycles. The van der Waals surface area contributed by atoms with Crippen LogP contribution in [-0.4, -0.2) is 32.9 Å². The predicted molar refractivity (Wildman–Crippen MR) is 102 cm³/mol. The molecule has 2 aromatic heterocycles. The lowest BCUT2D eigenvalue weighted by Gasteiger charge is -2.31. The second-order valence-electron chi connectivity index (χ2n) is 7.00. The third kappa shape index (κ3) is 3.99. The van der Waals surface area contributed by atoms with Crippen molar-refractivity contribution in [1.29, 1.82) is 0 Å². The summed E-state index contributed by atoms with van der Waals surface area (Å²) in [6, 6.07) is 11.3. The number of aromatic amines is 1. The van der Waals surface area contributed by atoms with E-state index in [1.165, 1.54) is 6.07 Å². The molecule has 4 rings (SSSR count). The van der Waals surface area contributed by atoms with E-state index in [0.29, 0.717) is 23.6 Å². The first-order valence-electron chi connectivity index (χ1n) is 9.28. The van der Waals surface area contributed by atoms with Crippen LogP contribution in [0.2, 0.25) is 0 Å². The number of likely N-dealkylation sites (tertiary alicyclic amines) is 1. The Morgan fingerprint density at radius 2 is 1.93 bits per heavy atom. The third-order valence-corrected chi connectivity index (χ3v) is 5.10. The van der Waals surface area contributed by atoms with Gasteiger partial charge in [-0.25, -0.2) is 13.8 Å². The van der Waals surface area contributed by atoms with E-state index in [9.17, 15) is 13.6 Å². The van der Waals surface area contributed by atoms with Gasteiger partial charge in [-0.1, -0.05) is 18.2 Å². The van der Waals surface area contributed by atoms with Crippen molar-refractivity contribution < 1.29 is 8.78 Å². The van der Waals surface area contributed by atoms with Crippen molar-refractivity contribution in [2.45, 2.75) is 25.3 Å². The quantitative estimate of drug-likeness (QED) is 0.750. The Balaban J connectivity index is 1.46. The third-order valence-electron chi connectivity index (χ3n) is 5.10. The highest BCUT2D eigenvalue weighted by Gasteiger charge is 2.23. The van der Waals surface area contributed by atoms with Gasteiger partial charge in [-0.15, -0.1) is 0 Å². The van der Waals surface area contributed by atoms with E-state index in [-0.39, 0.29) is 11.5 Å². The Hall–Kier alpha value is -2.93. The van der Waals surface area contributed by atoms with Crippen molar-refractivity contribution in [1.82, 2.24) is 19.9 Å². The molecule has 0 radical (unpaired) electrons. The fourth-order valence-electron chi connectivity index (χ4n) is 3.61. The molecule has 7 heteroatoms. The number of benzene rings is 1. The molecule has 1 aromatic carbocycles. The number of H-pyrrole nitrogens is 1. The molecule has 1 aliphatic heterocycles. The number of hydrogen-bond acceptors (Lipinski definition) is 4.